The van der Waals surface area contributed by atoms with Gasteiger partial charge in [0.05, 0.1) is 11.6 Å². The molecule has 104 valence electrons. The fraction of sp³-hybridized carbons (Fsp3) is 0.444. The van der Waals surface area contributed by atoms with Gasteiger partial charge in [0.1, 0.15) is 0 Å². The van der Waals surface area contributed by atoms with Crippen molar-refractivity contribution in [3.63, 3.8) is 0 Å². The normalized spacial score (nSPS) is 21.8. The first-order valence-electron chi connectivity index (χ1n) is 7.17. The van der Waals surface area contributed by atoms with Gasteiger partial charge in [0.2, 0.25) is 0 Å². The first-order valence-corrected chi connectivity index (χ1v) is 7.17. The van der Waals surface area contributed by atoms with Gasteiger partial charge in [-0.05, 0) is 54.0 Å². The highest BCUT2D eigenvalue weighted by atomic mass is 16.1. The zero-order valence-electron chi connectivity index (χ0n) is 12.4. The van der Waals surface area contributed by atoms with Gasteiger partial charge in [0.25, 0.3) is 0 Å². The predicted octanol–water partition coefficient (Wildman–Crippen LogP) is 4.36. The molecule has 20 heavy (non-hydrogen) atoms. The molecule has 1 aromatic carbocycles. The van der Waals surface area contributed by atoms with Gasteiger partial charge in [0, 0.05) is 5.92 Å². The van der Waals surface area contributed by atoms with Gasteiger partial charge in [-0.25, -0.2) is 0 Å². The molecule has 2 heteroatoms. The van der Waals surface area contributed by atoms with Crippen LogP contribution in [0.2, 0.25) is 0 Å². The first-order chi connectivity index (χ1) is 9.41. The SMILES string of the molecule is CC(C)(C)[C@@H]1CCC/C(=C\c2ccc(C#N)cc2)C1=O. The van der Waals surface area contributed by atoms with E-state index in [1.807, 2.05) is 18.2 Å². The first kappa shape index (κ1) is 14.5. The maximum absolute atomic E-state index is 12.6. The molecule has 0 aromatic heterocycles. The van der Waals surface area contributed by atoms with Crippen LogP contribution in [0, 0.1) is 22.7 Å². The Balaban J connectivity index is 2.25. The number of hydrogen-bond acceptors (Lipinski definition) is 2. The minimum absolute atomic E-state index is 0.0290. The highest BCUT2D eigenvalue weighted by Crippen LogP contribution is 2.38. The third kappa shape index (κ3) is 3.17. The number of nitriles is 1. The van der Waals surface area contributed by atoms with Crippen molar-refractivity contribution in [2.45, 2.75) is 40.0 Å². The van der Waals surface area contributed by atoms with Crippen LogP contribution < -0.4 is 0 Å². The van der Waals surface area contributed by atoms with Crippen molar-refractivity contribution in [1.29, 1.82) is 5.26 Å². The van der Waals surface area contributed by atoms with Crippen molar-refractivity contribution >= 4 is 11.9 Å². The second-order valence-electron chi connectivity index (χ2n) is 6.58. The number of ketones is 1. The number of carbonyl (C=O) groups is 1. The maximum atomic E-state index is 12.6. The summed E-state index contributed by atoms with van der Waals surface area (Å²) in [5.74, 6) is 0.425. The molecule has 0 spiro atoms. The summed E-state index contributed by atoms with van der Waals surface area (Å²) in [5, 5.41) is 8.80. The van der Waals surface area contributed by atoms with E-state index in [0.29, 0.717) is 11.3 Å². The summed E-state index contributed by atoms with van der Waals surface area (Å²) in [5.41, 5.74) is 2.61. The Morgan fingerprint density at radius 2 is 1.90 bits per heavy atom. The van der Waals surface area contributed by atoms with Crippen molar-refractivity contribution in [1.82, 2.24) is 0 Å². The Bertz CT molecular complexity index is 567. The molecule has 1 aliphatic carbocycles. The van der Waals surface area contributed by atoms with E-state index in [0.717, 1.165) is 30.4 Å². The molecule has 0 amide bonds. The summed E-state index contributed by atoms with van der Waals surface area (Å²) in [6.45, 7) is 6.42. The number of carbonyl (C=O) groups excluding carboxylic acids is 1. The monoisotopic (exact) mass is 267 g/mol. The molecule has 1 aliphatic rings. The zero-order valence-corrected chi connectivity index (χ0v) is 12.4. The summed E-state index contributed by atoms with van der Waals surface area (Å²) >= 11 is 0. The molecule has 1 atom stereocenters. The van der Waals surface area contributed by atoms with E-state index in [9.17, 15) is 4.79 Å². The lowest BCUT2D eigenvalue weighted by molar-refractivity contribution is -0.123. The van der Waals surface area contributed by atoms with Crippen LogP contribution in [0.15, 0.2) is 29.8 Å². The van der Waals surface area contributed by atoms with Crippen molar-refractivity contribution in [3.05, 3.63) is 41.0 Å². The van der Waals surface area contributed by atoms with Crippen molar-refractivity contribution in [2.24, 2.45) is 11.3 Å². The Kier molecular flexibility index (Phi) is 4.09. The summed E-state index contributed by atoms with van der Waals surface area (Å²) < 4.78 is 0. The third-order valence-electron chi connectivity index (χ3n) is 4.00. The van der Waals surface area contributed by atoms with Crippen LogP contribution >= 0.6 is 0 Å². The van der Waals surface area contributed by atoms with E-state index in [2.05, 4.69) is 26.8 Å². The van der Waals surface area contributed by atoms with Gasteiger partial charge in [-0.15, -0.1) is 0 Å². The standard InChI is InChI=1S/C18H21NO/c1-18(2,3)16-6-4-5-15(17(16)20)11-13-7-9-14(12-19)10-8-13/h7-11,16H,4-6H2,1-3H3/b15-11+/t16-/m1/s1. The molecule has 2 nitrogen and oxygen atoms in total. The number of nitrogens with zero attached hydrogens (tertiary/aromatic N) is 1. The lowest BCUT2D eigenvalue weighted by atomic mass is 9.70. The minimum Gasteiger partial charge on any atom is -0.294 e. The van der Waals surface area contributed by atoms with Crippen LogP contribution in [0.1, 0.15) is 51.2 Å². The van der Waals surface area contributed by atoms with Crippen LogP contribution in [0.3, 0.4) is 0 Å². The molecule has 0 heterocycles. The van der Waals surface area contributed by atoms with Crippen molar-refractivity contribution in [2.75, 3.05) is 0 Å². The number of rotatable bonds is 1. The molecular formula is C18H21NO. The summed E-state index contributed by atoms with van der Waals surface area (Å²) in [4.78, 5) is 12.6. The fourth-order valence-electron chi connectivity index (χ4n) is 2.80. The lowest BCUT2D eigenvalue weighted by Crippen LogP contribution is -2.32. The molecule has 1 saturated carbocycles. The molecule has 1 fully saturated rings. The Morgan fingerprint density at radius 1 is 1.25 bits per heavy atom. The van der Waals surface area contributed by atoms with Crippen LogP contribution in [0.25, 0.3) is 6.08 Å². The number of benzene rings is 1. The molecule has 0 N–H and O–H groups in total. The van der Waals surface area contributed by atoms with E-state index in [1.165, 1.54) is 0 Å². The molecule has 0 unspecified atom stereocenters. The fourth-order valence-corrected chi connectivity index (χ4v) is 2.80. The summed E-state index contributed by atoms with van der Waals surface area (Å²) in [7, 11) is 0. The van der Waals surface area contributed by atoms with Gasteiger partial charge in [-0.3, -0.25) is 4.79 Å². The van der Waals surface area contributed by atoms with Crippen LogP contribution in [0.4, 0.5) is 0 Å². The van der Waals surface area contributed by atoms with E-state index in [-0.39, 0.29) is 11.3 Å². The van der Waals surface area contributed by atoms with Crippen LogP contribution in [0.5, 0.6) is 0 Å². The second kappa shape index (κ2) is 5.63. The van der Waals surface area contributed by atoms with Gasteiger partial charge < -0.3 is 0 Å². The smallest absolute Gasteiger partial charge is 0.162 e. The summed E-state index contributed by atoms with van der Waals surface area (Å²) in [6.07, 6.45) is 4.93. The Labute approximate surface area is 121 Å². The minimum atomic E-state index is 0.0290. The van der Waals surface area contributed by atoms with E-state index in [4.69, 9.17) is 5.26 Å². The molecule has 0 saturated heterocycles. The molecule has 1 aromatic rings. The molecule has 0 aliphatic heterocycles. The number of allylic oxidation sites excluding steroid dienone is 1. The van der Waals surface area contributed by atoms with Gasteiger partial charge in [0.15, 0.2) is 5.78 Å². The maximum Gasteiger partial charge on any atom is 0.162 e. The van der Waals surface area contributed by atoms with Gasteiger partial charge in [-0.2, -0.15) is 5.26 Å². The average molecular weight is 267 g/mol. The van der Waals surface area contributed by atoms with Crippen molar-refractivity contribution in [3.8, 4) is 6.07 Å². The van der Waals surface area contributed by atoms with Gasteiger partial charge in [-0.1, -0.05) is 32.9 Å². The quantitative estimate of drug-likeness (QED) is 0.709. The van der Waals surface area contributed by atoms with E-state index >= 15 is 0 Å². The third-order valence-corrected chi connectivity index (χ3v) is 4.00. The lowest BCUT2D eigenvalue weighted by Gasteiger charge is -2.33. The highest BCUT2D eigenvalue weighted by molar-refractivity contribution is 6.02. The molecule has 0 bridgehead atoms. The summed E-state index contributed by atoms with van der Waals surface area (Å²) in [6, 6.07) is 9.50. The Hall–Kier alpha value is -1.88. The molecular weight excluding hydrogens is 246 g/mol. The molecule has 2 rings (SSSR count). The Morgan fingerprint density at radius 3 is 2.45 bits per heavy atom. The zero-order chi connectivity index (χ0) is 14.8. The number of hydrogen-bond donors (Lipinski definition) is 0. The average Bonchev–Trinajstić information content (AvgIpc) is 2.40. The molecule has 0 radical (unpaired) electrons. The highest BCUT2D eigenvalue weighted by Gasteiger charge is 2.35. The number of Topliss-reactive ketones (excluding diaryl/α,β-unsaturated/α-hetero) is 1. The predicted molar refractivity (Wildman–Crippen MR) is 80.9 cm³/mol. The van der Waals surface area contributed by atoms with Crippen molar-refractivity contribution < 1.29 is 4.79 Å². The van der Waals surface area contributed by atoms with E-state index < -0.39 is 0 Å². The largest absolute Gasteiger partial charge is 0.294 e. The van der Waals surface area contributed by atoms with Crippen LogP contribution in [-0.4, -0.2) is 5.78 Å². The van der Waals surface area contributed by atoms with Gasteiger partial charge >= 0.3 is 0 Å². The second-order valence-corrected chi connectivity index (χ2v) is 6.58. The van der Waals surface area contributed by atoms with Crippen LogP contribution in [-0.2, 0) is 4.79 Å². The van der Waals surface area contributed by atoms with E-state index in [1.54, 1.807) is 12.1 Å². The topological polar surface area (TPSA) is 40.9 Å².